The van der Waals surface area contributed by atoms with E-state index >= 15 is 0 Å². The van der Waals surface area contributed by atoms with E-state index in [1.54, 1.807) is 11.8 Å². The summed E-state index contributed by atoms with van der Waals surface area (Å²) in [7, 11) is 0. The van der Waals surface area contributed by atoms with Gasteiger partial charge in [-0.2, -0.15) is 0 Å². The molecular weight excluding hydrogens is 314 g/mol. The maximum atomic E-state index is 12.0. The molecule has 1 saturated heterocycles. The average Bonchev–Trinajstić information content (AvgIpc) is 2.47. The molecule has 1 aromatic carbocycles. The van der Waals surface area contributed by atoms with Crippen molar-refractivity contribution in [3.63, 3.8) is 0 Å². The van der Waals surface area contributed by atoms with Crippen molar-refractivity contribution < 1.29 is 9.53 Å². The molecule has 1 aliphatic heterocycles. The summed E-state index contributed by atoms with van der Waals surface area (Å²) in [6.45, 7) is 7.30. The van der Waals surface area contributed by atoms with Crippen molar-refractivity contribution >= 4 is 29.6 Å². The molecule has 0 aromatic heterocycles. The van der Waals surface area contributed by atoms with Gasteiger partial charge in [0.2, 0.25) is 0 Å². The maximum Gasteiger partial charge on any atom is 0.410 e. The number of piperidine rings is 1. The Morgan fingerprint density at radius 2 is 1.68 bits per heavy atom. The number of nitrogens with zero attached hydrogens (tertiary/aromatic N) is 1. The van der Waals surface area contributed by atoms with Crippen LogP contribution in [0.25, 0.3) is 0 Å². The van der Waals surface area contributed by atoms with E-state index in [9.17, 15) is 4.79 Å². The van der Waals surface area contributed by atoms with Crippen molar-refractivity contribution in [2.45, 2.75) is 54.3 Å². The molecule has 1 amide bonds. The van der Waals surface area contributed by atoms with Crippen molar-refractivity contribution in [3.05, 3.63) is 24.3 Å². The molecule has 0 atom stereocenters. The number of benzene rings is 1. The Morgan fingerprint density at radius 3 is 2.18 bits per heavy atom. The quantitative estimate of drug-likeness (QED) is 0.733. The lowest BCUT2D eigenvalue weighted by Gasteiger charge is -2.33. The van der Waals surface area contributed by atoms with Gasteiger partial charge in [0.05, 0.1) is 0 Å². The summed E-state index contributed by atoms with van der Waals surface area (Å²) in [6.07, 6.45) is 3.96. The monoisotopic (exact) mass is 339 g/mol. The third-order valence-corrected chi connectivity index (χ3v) is 5.55. The molecule has 1 aromatic rings. The molecule has 22 heavy (non-hydrogen) atoms. The number of hydrogen-bond acceptors (Lipinski definition) is 4. The second-order valence-electron chi connectivity index (χ2n) is 6.46. The molecule has 0 N–H and O–H groups in total. The Hall–Kier alpha value is -0.810. The van der Waals surface area contributed by atoms with Gasteiger partial charge in [-0.25, -0.2) is 4.79 Å². The molecule has 0 unspecified atom stereocenters. The highest BCUT2D eigenvalue weighted by atomic mass is 32.2. The second kappa shape index (κ2) is 7.64. The molecule has 0 radical (unpaired) electrons. The fourth-order valence-electron chi connectivity index (χ4n) is 2.33. The molecule has 3 nitrogen and oxygen atoms in total. The zero-order chi connectivity index (χ0) is 16.2. The zero-order valence-electron chi connectivity index (χ0n) is 13.8. The minimum absolute atomic E-state index is 0.180. The lowest BCUT2D eigenvalue weighted by molar-refractivity contribution is 0.0219. The largest absolute Gasteiger partial charge is 0.444 e. The van der Waals surface area contributed by atoms with Crippen LogP contribution in [-0.4, -0.2) is 41.2 Å². The van der Waals surface area contributed by atoms with Gasteiger partial charge in [0.25, 0.3) is 0 Å². The number of hydrogen-bond donors (Lipinski definition) is 0. The molecular formula is C17H25NO2S2. The number of carbonyl (C=O) groups excluding carboxylic acids is 1. The number of thioether (sulfide) groups is 2. The maximum absolute atomic E-state index is 12.0. The van der Waals surface area contributed by atoms with E-state index in [1.807, 2.05) is 37.4 Å². The van der Waals surface area contributed by atoms with Gasteiger partial charge in [0, 0.05) is 28.1 Å². The first kappa shape index (κ1) is 17.5. The van der Waals surface area contributed by atoms with Crippen LogP contribution in [0.4, 0.5) is 4.79 Å². The van der Waals surface area contributed by atoms with Gasteiger partial charge in [-0.15, -0.1) is 23.5 Å². The molecule has 2 rings (SSSR count). The van der Waals surface area contributed by atoms with Crippen molar-refractivity contribution in [2.24, 2.45) is 0 Å². The molecule has 122 valence electrons. The third-order valence-electron chi connectivity index (χ3n) is 3.46. The van der Waals surface area contributed by atoms with Crippen LogP contribution in [0, 0.1) is 0 Å². The number of rotatable bonds is 3. The Kier molecular flexibility index (Phi) is 6.09. The van der Waals surface area contributed by atoms with E-state index in [4.69, 9.17) is 4.74 Å². The van der Waals surface area contributed by atoms with Crippen LogP contribution in [0.1, 0.15) is 33.6 Å². The fourth-order valence-corrected chi connectivity index (χ4v) is 3.86. The predicted octanol–water partition coefficient (Wildman–Crippen LogP) is 4.90. The topological polar surface area (TPSA) is 29.5 Å². The standard InChI is InChI=1S/C17H25NO2S2/c1-17(2,3)20-16(19)18-11-9-15(10-12-18)22-14-7-5-13(21-4)6-8-14/h5-8,15H,9-12H2,1-4H3. The fraction of sp³-hybridized carbons (Fsp3) is 0.588. The number of ether oxygens (including phenoxy) is 1. The van der Waals surface area contributed by atoms with Crippen LogP contribution in [0.2, 0.25) is 0 Å². The molecule has 1 fully saturated rings. The highest BCUT2D eigenvalue weighted by Crippen LogP contribution is 2.31. The van der Waals surface area contributed by atoms with Crippen molar-refractivity contribution in [3.8, 4) is 0 Å². The van der Waals surface area contributed by atoms with Gasteiger partial charge < -0.3 is 9.64 Å². The molecule has 0 spiro atoms. The Balaban J connectivity index is 1.80. The first-order valence-electron chi connectivity index (χ1n) is 7.66. The summed E-state index contributed by atoms with van der Waals surface area (Å²) in [6, 6.07) is 8.72. The Morgan fingerprint density at radius 1 is 1.14 bits per heavy atom. The van der Waals surface area contributed by atoms with Gasteiger partial charge in [-0.3, -0.25) is 0 Å². The van der Waals surface area contributed by atoms with Gasteiger partial charge in [0.1, 0.15) is 5.60 Å². The molecule has 1 aliphatic rings. The van der Waals surface area contributed by atoms with Gasteiger partial charge in [0.15, 0.2) is 0 Å². The van der Waals surface area contributed by atoms with E-state index in [0.29, 0.717) is 5.25 Å². The van der Waals surface area contributed by atoms with E-state index in [2.05, 4.69) is 30.5 Å². The summed E-state index contributed by atoms with van der Waals surface area (Å²) in [5, 5.41) is 0.582. The third kappa shape index (κ3) is 5.43. The lowest BCUT2D eigenvalue weighted by atomic mass is 10.1. The SMILES string of the molecule is CSc1ccc(SC2CCN(C(=O)OC(C)(C)C)CC2)cc1. The van der Waals surface area contributed by atoms with Crippen LogP contribution >= 0.6 is 23.5 Å². The van der Waals surface area contributed by atoms with E-state index in [0.717, 1.165) is 25.9 Å². The molecule has 0 bridgehead atoms. The smallest absolute Gasteiger partial charge is 0.410 e. The van der Waals surface area contributed by atoms with Crippen molar-refractivity contribution in [1.29, 1.82) is 0 Å². The summed E-state index contributed by atoms with van der Waals surface area (Å²) in [5.74, 6) is 0. The minimum atomic E-state index is -0.415. The second-order valence-corrected chi connectivity index (χ2v) is 8.71. The van der Waals surface area contributed by atoms with E-state index < -0.39 is 5.60 Å². The Bertz CT molecular complexity index is 488. The average molecular weight is 340 g/mol. The predicted molar refractivity (Wildman–Crippen MR) is 94.9 cm³/mol. The summed E-state index contributed by atoms with van der Waals surface area (Å²) in [4.78, 5) is 16.5. The first-order chi connectivity index (χ1) is 10.4. The zero-order valence-corrected chi connectivity index (χ0v) is 15.4. The highest BCUT2D eigenvalue weighted by Gasteiger charge is 2.27. The van der Waals surface area contributed by atoms with Crippen molar-refractivity contribution in [1.82, 2.24) is 4.90 Å². The van der Waals surface area contributed by atoms with Crippen LogP contribution in [0.5, 0.6) is 0 Å². The van der Waals surface area contributed by atoms with Crippen LogP contribution in [0.15, 0.2) is 34.1 Å². The first-order valence-corrected chi connectivity index (χ1v) is 9.76. The summed E-state index contributed by atoms with van der Waals surface area (Å²) in [5.41, 5.74) is -0.415. The molecule has 0 saturated carbocycles. The van der Waals surface area contributed by atoms with Crippen LogP contribution in [0.3, 0.4) is 0 Å². The Labute approximate surface area is 142 Å². The number of carbonyl (C=O) groups is 1. The van der Waals surface area contributed by atoms with E-state index in [1.165, 1.54) is 9.79 Å². The molecule has 5 heteroatoms. The lowest BCUT2D eigenvalue weighted by Crippen LogP contribution is -2.42. The van der Waals surface area contributed by atoms with Crippen molar-refractivity contribution in [2.75, 3.05) is 19.3 Å². The summed E-state index contributed by atoms with van der Waals surface area (Å²) < 4.78 is 5.43. The van der Waals surface area contributed by atoms with Gasteiger partial charge in [-0.05, 0) is 64.1 Å². The highest BCUT2D eigenvalue weighted by molar-refractivity contribution is 8.00. The number of likely N-dealkylation sites (tertiary alicyclic amines) is 1. The van der Waals surface area contributed by atoms with Crippen LogP contribution < -0.4 is 0 Å². The van der Waals surface area contributed by atoms with Gasteiger partial charge in [-0.1, -0.05) is 0 Å². The molecule has 1 heterocycles. The summed E-state index contributed by atoms with van der Waals surface area (Å²) >= 11 is 3.69. The van der Waals surface area contributed by atoms with Gasteiger partial charge >= 0.3 is 6.09 Å². The van der Waals surface area contributed by atoms with Crippen LogP contribution in [-0.2, 0) is 4.74 Å². The normalized spacial score (nSPS) is 16.6. The minimum Gasteiger partial charge on any atom is -0.444 e. The van der Waals surface area contributed by atoms with E-state index in [-0.39, 0.29) is 6.09 Å². The molecule has 0 aliphatic carbocycles. The number of amides is 1.